The molecule has 4 heteroatoms. The van der Waals surface area contributed by atoms with Crippen molar-refractivity contribution in [2.75, 3.05) is 13.2 Å². The van der Waals surface area contributed by atoms with Gasteiger partial charge in [-0.25, -0.2) is 0 Å². The number of allylic oxidation sites excluding steroid dienone is 2. The molecule has 0 radical (unpaired) electrons. The fourth-order valence-corrected chi connectivity index (χ4v) is 12.0. The van der Waals surface area contributed by atoms with E-state index in [9.17, 15) is 4.79 Å². The second kappa shape index (κ2) is 8.59. The number of carbonyl (C=O) groups is 1. The van der Waals surface area contributed by atoms with E-state index in [0.29, 0.717) is 22.7 Å². The first-order valence-corrected chi connectivity index (χ1v) is 16.2. The van der Waals surface area contributed by atoms with Crippen molar-refractivity contribution in [2.45, 2.75) is 145 Å². The van der Waals surface area contributed by atoms with Gasteiger partial charge in [0.1, 0.15) is 6.10 Å². The lowest BCUT2D eigenvalue weighted by atomic mass is 9.35. The Balaban J connectivity index is 1.37. The van der Waals surface area contributed by atoms with Crippen LogP contribution in [0.25, 0.3) is 0 Å². The summed E-state index contributed by atoms with van der Waals surface area (Å²) in [6.07, 6.45) is 13.6. The summed E-state index contributed by atoms with van der Waals surface area (Å²) in [6, 6.07) is 0. The summed E-state index contributed by atoms with van der Waals surface area (Å²) in [6.45, 7) is 23.1. The molecular formula is C35H56O4. The monoisotopic (exact) mass is 541 g/mol. The lowest BCUT2D eigenvalue weighted by Crippen LogP contribution is -2.63. The molecule has 0 aromatic rings. The fourth-order valence-electron chi connectivity index (χ4n) is 12.0. The van der Waals surface area contributed by atoms with Crippen LogP contribution in [0.5, 0.6) is 0 Å². The zero-order valence-electron chi connectivity index (χ0n) is 26.6. The number of hydrogen-bond acceptors (Lipinski definition) is 4. The minimum absolute atomic E-state index is 0.00586. The molecule has 39 heavy (non-hydrogen) atoms. The molecule has 0 amide bonds. The van der Waals surface area contributed by atoms with E-state index in [0.717, 1.165) is 26.1 Å². The second-order valence-electron chi connectivity index (χ2n) is 16.8. The molecule has 0 aromatic heterocycles. The van der Waals surface area contributed by atoms with Gasteiger partial charge in [0.15, 0.2) is 5.79 Å². The van der Waals surface area contributed by atoms with Gasteiger partial charge in [0, 0.05) is 17.8 Å². The van der Waals surface area contributed by atoms with Crippen molar-refractivity contribution in [3.8, 4) is 0 Å². The maximum Gasteiger partial charge on any atom is 0.302 e. The Morgan fingerprint density at radius 3 is 2.10 bits per heavy atom. The van der Waals surface area contributed by atoms with E-state index in [4.69, 9.17) is 14.2 Å². The van der Waals surface area contributed by atoms with Gasteiger partial charge in [-0.05, 0) is 111 Å². The molecule has 4 fully saturated rings. The summed E-state index contributed by atoms with van der Waals surface area (Å²) in [4.78, 5) is 11.9. The smallest absolute Gasteiger partial charge is 0.302 e. The number of ether oxygens (including phenoxy) is 3. The van der Waals surface area contributed by atoms with E-state index < -0.39 is 5.79 Å². The molecule has 1 aliphatic heterocycles. The molecule has 4 nitrogen and oxygen atoms in total. The zero-order valence-corrected chi connectivity index (χ0v) is 26.6. The summed E-state index contributed by atoms with van der Waals surface area (Å²) >= 11 is 0. The van der Waals surface area contributed by atoms with Crippen LogP contribution in [-0.4, -0.2) is 31.1 Å². The standard InChI is InChI=1S/C35H56O4/c1-23(36)39-28-13-14-32(6)24-12-15-34(8)27-22-31(5,35(9)37-20-21-38-35)18-16-30(27,4)17-19-33(34,7)25(24)10-11-26(32)29(28,2)3/h26-28H,10-22H2,1-9H3/t26?,27-,28+,30-,31-,32-,33-,34+/m1/s1/i13+1. The summed E-state index contributed by atoms with van der Waals surface area (Å²) in [5, 5.41) is 0. The molecule has 220 valence electrons. The first kappa shape index (κ1) is 28.3. The molecule has 1 unspecified atom stereocenters. The van der Waals surface area contributed by atoms with Crippen LogP contribution in [0.15, 0.2) is 11.1 Å². The van der Waals surface area contributed by atoms with Crippen molar-refractivity contribution in [1.29, 1.82) is 0 Å². The summed E-state index contributed by atoms with van der Waals surface area (Å²) < 4.78 is 18.6. The van der Waals surface area contributed by atoms with Crippen molar-refractivity contribution in [3.05, 3.63) is 11.1 Å². The highest BCUT2D eigenvalue weighted by molar-refractivity contribution is 5.66. The Kier molecular flexibility index (Phi) is 6.22. The first-order valence-electron chi connectivity index (χ1n) is 16.2. The molecular weight excluding hydrogens is 485 g/mol. The van der Waals surface area contributed by atoms with E-state index >= 15 is 0 Å². The van der Waals surface area contributed by atoms with Gasteiger partial charge in [0.05, 0.1) is 13.2 Å². The molecule has 1 heterocycles. The van der Waals surface area contributed by atoms with E-state index in [-0.39, 0.29) is 33.7 Å². The average molecular weight is 542 g/mol. The highest BCUT2D eigenvalue weighted by Crippen LogP contribution is 2.75. The summed E-state index contributed by atoms with van der Waals surface area (Å²) in [7, 11) is 0. The number of esters is 1. The van der Waals surface area contributed by atoms with Gasteiger partial charge in [0.2, 0.25) is 0 Å². The summed E-state index contributed by atoms with van der Waals surface area (Å²) in [5.41, 5.74) is 4.90. The van der Waals surface area contributed by atoms with Crippen LogP contribution >= 0.6 is 0 Å². The van der Waals surface area contributed by atoms with Crippen LogP contribution in [0.4, 0.5) is 0 Å². The fraction of sp³-hybridized carbons (Fsp3) is 0.914. The van der Waals surface area contributed by atoms with Gasteiger partial charge in [0.25, 0.3) is 0 Å². The minimum Gasteiger partial charge on any atom is -0.462 e. The topological polar surface area (TPSA) is 44.8 Å². The predicted octanol–water partition coefficient (Wildman–Crippen LogP) is 8.63. The van der Waals surface area contributed by atoms with Gasteiger partial charge in [-0.1, -0.05) is 59.6 Å². The normalized spacial score (nSPS) is 50.3. The van der Waals surface area contributed by atoms with Gasteiger partial charge in [-0.2, -0.15) is 0 Å². The molecule has 8 atom stereocenters. The third-order valence-electron chi connectivity index (χ3n) is 14.9. The highest BCUT2D eigenvalue weighted by atomic mass is 16.7. The average Bonchev–Trinajstić information content (AvgIpc) is 3.31. The largest absolute Gasteiger partial charge is 0.462 e. The third kappa shape index (κ3) is 3.64. The van der Waals surface area contributed by atoms with Gasteiger partial charge >= 0.3 is 5.97 Å². The van der Waals surface area contributed by atoms with Crippen LogP contribution in [0.1, 0.15) is 133 Å². The molecule has 1 saturated heterocycles. The van der Waals surface area contributed by atoms with Gasteiger partial charge in [-0.3, -0.25) is 4.79 Å². The molecule has 0 N–H and O–H groups in total. The van der Waals surface area contributed by atoms with E-state index in [2.05, 4.69) is 55.4 Å². The van der Waals surface area contributed by atoms with E-state index in [1.807, 2.05) is 11.1 Å². The minimum atomic E-state index is -0.449. The number of rotatable bonds is 2. The molecule has 6 rings (SSSR count). The number of hydrogen-bond donors (Lipinski definition) is 0. The van der Waals surface area contributed by atoms with Crippen LogP contribution in [0.2, 0.25) is 0 Å². The Morgan fingerprint density at radius 2 is 1.44 bits per heavy atom. The summed E-state index contributed by atoms with van der Waals surface area (Å²) in [5.74, 6) is 0.677. The Morgan fingerprint density at radius 1 is 0.769 bits per heavy atom. The first-order chi connectivity index (χ1) is 18.0. The molecule has 0 bridgehead atoms. The molecule has 3 saturated carbocycles. The molecule has 0 spiro atoms. The van der Waals surface area contributed by atoms with Crippen molar-refractivity contribution in [2.24, 2.45) is 44.3 Å². The quantitative estimate of drug-likeness (QED) is 0.199. The van der Waals surface area contributed by atoms with Crippen LogP contribution in [0.3, 0.4) is 0 Å². The Bertz CT molecular complexity index is 1070. The van der Waals surface area contributed by atoms with Crippen molar-refractivity contribution < 1.29 is 19.0 Å². The second-order valence-corrected chi connectivity index (χ2v) is 16.8. The predicted molar refractivity (Wildman–Crippen MR) is 155 cm³/mol. The zero-order chi connectivity index (χ0) is 28.3. The maximum atomic E-state index is 11.9. The third-order valence-corrected chi connectivity index (χ3v) is 14.9. The molecule has 6 aliphatic rings. The Labute approximate surface area is 238 Å². The van der Waals surface area contributed by atoms with Crippen molar-refractivity contribution in [1.82, 2.24) is 0 Å². The van der Waals surface area contributed by atoms with E-state index in [1.54, 1.807) is 6.92 Å². The van der Waals surface area contributed by atoms with Gasteiger partial charge in [-0.15, -0.1) is 0 Å². The van der Waals surface area contributed by atoms with Crippen LogP contribution in [0, 0.1) is 44.3 Å². The highest BCUT2D eigenvalue weighted by Gasteiger charge is 2.68. The maximum absolute atomic E-state index is 11.9. The Hall–Kier alpha value is -0.870. The number of fused-ring (bicyclic) bond motifs is 6. The van der Waals surface area contributed by atoms with Crippen molar-refractivity contribution >= 4 is 5.97 Å². The van der Waals surface area contributed by atoms with Crippen molar-refractivity contribution in [3.63, 3.8) is 0 Å². The van der Waals surface area contributed by atoms with E-state index in [1.165, 1.54) is 57.8 Å². The SMILES string of the molecule is CC(=O)O[C@H]1[13CH2]C[C@]2(C)C3=C(CCC2C1(C)C)[C@@]1(C)CC[C@@]2(C)CC[C@@](C)(C4(C)OCCO4)C[C@H]2[C@]1(C)CC3. The van der Waals surface area contributed by atoms with Gasteiger partial charge < -0.3 is 14.2 Å². The molecule has 5 aliphatic carbocycles. The lowest BCUT2D eigenvalue weighted by Gasteiger charge is -2.70. The van der Waals surface area contributed by atoms with Crippen LogP contribution < -0.4 is 0 Å². The molecule has 0 aromatic carbocycles. The lowest BCUT2D eigenvalue weighted by molar-refractivity contribution is -0.259. The van der Waals surface area contributed by atoms with Crippen LogP contribution in [-0.2, 0) is 19.0 Å². The number of carbonyl (C=O) groups excluding carboxylic acids is 1.